The zero-order valence-corrected chi connectivity index (χ0v) is 15.9. The second-order valence-corrected chi connectivity index (χ2v) is 7.04. The highest BCUT2D eigenvalue weighted by atomic mass is 19.1. The fourth-order valence-corrected chi connectivity index (χ4v) is 3.79. The number of benzene rings is 1. The lowest BCUT2D eigenvalue weighted by molar-refractivity contribution is -0.131. The molecular weight excluding hydrogens is 359 g/mol. The maximum Gasteiger partial charge on any atom is 0.227 e. The van der Waals surface area contributed by atoms with Crippen molar-refractivity contribution in [3.8, 4) is 11.3 Å². The van der Waals surface area contributed by atoms with Crippen LogP contribution in [-0.2, 0) is 11.2 Å². The van der Waals surface area contributed by atoms with Gasteiger partial charge in [-0.1, -0.05) is 23.4 Å². The number of nitrogens with zero attached hydrogens (tertiary/aromatic N) is 4. The van der Waals surface area contributed by atoms with Crippen LogP contribution in [0.1, 0.15) is 41.6 Å². The number of hydrogen-bond donors (Lipinski definition) is 0. The third-order valence-electron chi connectivity index (χ3n) is 5.16. The van der Waals surface area contributed by atoms with Crippen LogP contribution in [0.5, 0.6) is 0 Å². The number of likely N-dealkylation sites (tertiary alicyclic amines) is 1. The molecule has 1 saturated heterocycles. The molecule has 0 N–H and O–H groups in total. The number of rotatable bonds is 4. The summed E-state index contributed by atoms with van der Waals surface area (Å²) in [5.41, 5.74) is 3.41. The summed E-state index contributed by atoms with van der Waals surface area (Å²) in [5.74, 6) is 0.229. The molecule has 0 saturated carbocycles. The lowest BCUT2D eigenvalue weighted by atomic mass is 10.1. The zero-order valence-electron chi connectivity index (χ0n) is 15.9. The lowest BCUT2D eigenvalue weighted by Crippen LogP contribution is -2.32. The molecular formula is C21H21FN4O2. The molecule has 3 heterocycles. The van der Waals surface area contributed by atoms with Gasteiger partial charge in [-0.3, -0.25) is 9.78 Å². The van der Waals surface area contributed by atoms with Crippen LogP contribution in [0.4, 0.5) is 4.39 Å². The summed E-state index contributed by atoms with van der Waals surface area (Å²) in [7, 11) is 0. The standard InChI is InChI=1S/C21H21FN4O2/c1-13-21(14(2)28-25-13)18-12-23-11-17(24-18)19-8-5-9-26(19)20(27)10-15-6-3-4-7-16(15)22/h3-4,6-7,11-12,19H,5,8-10H2,1-2H3/t19-/m0/s1. The number of amides is 1. The Labute approximate surface area is 162 Å². The van der Waals surface area contributed by atoms with Crippen molar-refractivity contribution in [1.82, 2.24) is 20.0 Å². The first kappa shape index (κ1) is 18.3. The van der Waals surface area contributed by atoms with E-state index >= 15 is 0 Å². The van der Waals surface area contributed by atoms with Crippen LogP contribution in [0.15, 0.2) is 41.2 Å². The summed E-state index contributed by atoms with van der Waals surface area (Å²) < 4.78 is 19.2. The van der Waals surface area contributed by atoms with Gasteiger partial charge in [0.15, 0.2) is 0 Å². The van der Waals surface area contributed by atoms with Gasteiger partial charge in [0, 0.05) is 6.54 Å². The first-order chi connectivity index (χ1) is 13.5. The number of carbonyl (C=O) groups is 1. The predicted molar refractivity (Wildman–Crippen MR) is 101 cm³/mol. The minimum absolute atomic E-state index is 0.0418. The zero-order chi connectivity index (χ0) is 19.7. The van der Waals surface area contributed by atoms with Crippen molar-refractivity contribution >= 4 is 5.91 Å². The number of carbonyl (C=O) groups excluding carboxylic acids is 1. The maximum absolute atomic E-state index is 13.9. The van der Waals surface area contributed by atoms with Gasteiger partial charge in [0.1, 0.15) is 11.6 Å². The average molecular weight is 380 g/mol. The van der Waals surface area contributed by atoms with Gasteiger partial charge in [-0.2, -0.15) is 0 Å². The molecule has 0 bridgehead atoms. The van der Waals surface area contributed by atoms with E-state index in [1.807, 2.05) is 13.8 Å². The van der Waals surface area contributed by atoms with E-state index < -0.39 is 0 Å². The Morgan fingerprint density at radius 2 is 2.11 bits per heavy atom. The minimum Gasteiger partial charge on any atom is -0.361 e. The van der Waals surface area contributed by atoms with Gasteiger partial charge < -0.3 is 9.42 Å². The van der Waals surface area contributed by atoms with Gasteiger partial charge in [-0.05, 0) is 38.3 Å². The molecule has 1 atom stereocenters. The SMILES string of the molecule is Cc1noc(C)c1-c1cncc([C@@H]2CCCN2C(=O)Cc2ccccc2F)n1. The summed E-state index contributed by atoms with van der Waals surface area (Å²) >= 11 is 0. The summed E-state index contributed by atoms with van der Waals surface area (Å²) in [4.78, 5) is 23.7. The number of aryl methyl sites for hydroxylation is 2. The van der Waals surface area contributed by atoms with Crippen LogP contribution in [0.3, 0.4) is 0 Å². The fourth-order valence-electron chi connectivity index (χ4n) is 3.79. The quantitative estimate of drug-likeness (QED) is 0.689. The lowest BCUT2D eigenvalue weighted by Gasteiger charge is -2.24. The van der Waals surface area contributed by atoms with E-state index in [1.165, 1.54) is 6.07 Å². The molecule has 4 rings (SSSR count). The van der Waals surface area contributed by atoms with Crippen molar-refractivity contribution in [3.05, 3.63) is 65.2 Å². The van der Waals surface area contributed by atoms with E-state index in [2.05, 4.69) is 10.1 Å². The molecule has 2 aromatic heterocycles. The predicted octanol–water partition coefficient (Wildman–Crippen LogP) is 3.79. The van der Waals surface area contributed by atoms with Gasteiger partial charge in [0.2, 0.25) is 5.91 Å². The molecule has 7 heteroatoms. The highest BCUT2D eigenvalue weighted by Gasteiger charge is 2.31. The molecule has 1 amide bonds. The van der Waals surface area contributed by atoms with Crippen LogP contribution in [0.25, 0.3) is 11.3 Å². The number of aromatic nitrogens is 3. The Morgan fingerprint density at radius 3 is 2.86 bits per heavy atom. The topological polar surface area (TPSA) is 72.1 Å². The van der Waals surface area contributed by atoms with E-state index in [0.29, 0.717) is 23.6 Å². The average Bonchev–Trinajstić information content (AvgIpc) is 3.30. The smallest absolute Gasteiger partial charge is 0.227 e. The first-order valence-corrected chi connectivity index (χ1v) is 9.32. The monoisotopic (exact) mass is 380 g/mol. The van der Waals surface area contributed by atoms with Crippen molar-refractivity contribution < 1.29 is 13.7 Å². The molecule has 0 unspecified atom stereocenters. The van der Waals surface area contributed by atoms with Crippen molar-refractivity contribution in [2.45, 2.75) is 39.2 Å². The van der Waals surface area contributed by atoms with Crippen molar-refractivity contribution in [1.29, 1.82) is 0 Å². The third-order valence-corrected chi connectivity index (χ3v) is 5.16. The van der Waals surface area contributed by atoms with Crippen molar-refractivity contribution in [3.63, 3.8) is 0 Å². The molecule has 0 aliphatic carbocycles. The third kappa shape index (κ3) is 3.40. The molecule has 6 nitrogen and oxygen atoms in total. The molecule has 28 heavy (non-hydrogen) atoms. The normalized spacial score (nSPS) is 16.5. The molecule has 0 radical (unpaired) electrons. The van der Waals surface area contributed by atoms with E-state index in [9.17, 15) is 9.18 Å². The molecule has 3 aromatic rings. The van der Waals surface area contributed by atoms with Gasteiger partial charge in [0.25, 0.3) is 0 Å². The Kier molecular flexibility index (Phi) is 4.90. The number of hydrogen-bond acceptors (Lipinski definition) is 5. The van der Waals surface area contributed by atoms with E-state index in [4.69, 9.17) is 9.51 Å². The first-order valence-electron chi connectivity index (χ1n) is 9.32. The minimum atomic E-state index is -0.355. The maximum atomic E-state index is 13.9. The summed E-state index contributed by atoms with van der Waals surface area (Å²) in [6.45, 7) is 4.33. The van der Waals surface area contributed by atoms with Gasteiger partial charge in [0.05, 0.1) is 47.5 Å². The van der Waals surface area contributed by atoms with Crippen LogP contribution in [0.2, 0.25) is 0 Å². The molecule has 144 valence electrons. The summed E-state index contributed by atoms with van der Waals surface area (Å²) in [6.07, 6.45) is 5.10. The van der Waals surface area contributed by atoms with Crippen LogP contribution in [-0.4, -0.2) is 32.5 Å². The Bertz CT molecular complexity index is 998. The van der Waals surface area contributed by atoms with Crippen LogP contribution < -0.4 is 0 Å². The van der Waals surface area contributed by atoms with Crippen molar-refractivity contribution in [2.75, 3.05) is 6.54 Å². The Balaban J connectivity index is 1.59. The largest absolute Gasteiger partial charge is 0.361 e. The van der Waals surface area contributed by atoms with E-state index in [1.54, 1.807) is 35.5 Å². The Morgan fingerprint density at radius 1 is 1.29 bits per heavy atom. The molecule has 1 aliphatic heterocycles. The van der Waals surface area contributed by atoms with Crippen molar-refractivity contribution in [2.24, 2.45) is 0 Å². The van der Waals surface area contributed by atoms with E-state index in [0.717, 1.165) is 29.8 Å². The molecule has 1 aromatic carbocycles. The molecule has 0 spiro atoms. The number of halogens is 1. The highest BCUT2D eigenvalue weighted by molar-refractivity contribution is 5.79. The second-order valence-electron chi connectivity index (χ2n) is 7.04. The molecule has 1 aliphatic rings. The van der Waals surface area contributed by atoms with Gasteiger partial charge in [-0.25, -0.2) is 9.37 Å². The van der Waals surface area contributed by atoms with Crippen LogP contribution >= 0.6 is 0 Å². The summed E-state index contributed by atoms with van der Waals surface area (Å²) in [6, 6.07) is 6.23. The van der Waals surface area contributed by atoms with Crippen LogP contribution in [0, 0.1) is 19.7 Å². The Hall–Kier alpha value is -3.09. The highest BCUT2D eigenvalue weighted by Crippen LogP contribution is 2.33. The molecule has 1 fully saturated rings. The van der Waals surface area contributed by atoms with Gasteiger partial charge >= 0.3 is 0 Å². The summed E-state index contributed by atoms with van der Waals surface area (Å²) in [5, 5.41) is 3.98. The van der Waals surface area contributed by atoms with E-state index in [-0.39, 0.29) is 24.2 Å². The second kappa shape index (κ2) is 7.50. The van der Waals surface area contributed by atoms with Gasteiger partial charge in [-0.15, -0.1) is 0 Å². The fraction of sp³-hybridized carbons (Fsp3) is 0.333.